The molecule has 5 heteroatoms. The molecule has 0 fully saturated rings. The lowest BCUT2D eigenvalue weighted by atomic mass is 10.1. The van der Waals surface area contributed by atoms with Crippen molar-refractivity contribution in [2.45, 2.75) is 13.8 Å². The summed E-state index contributed by atoms with van der Waals surface area (Å²) in [7, 11) is 0. The maximum Gasteiger partial charge on any atom is 0.150 e. The first kappa shape index (κ1) is 20.0. The highest BCUT2D eigenvalue weighted by molar-refractivity contribution is 6.32. The molecular formula is C23H21Cl2N3. The summed E-state index contributed by atoms with van der Waals surface area (Å²) in [6.45, 7) is 12.2. The van der Waals surface area contributed by atoms with Crippen LogP contribution in [0.15, 0.2) is 66.7 Å². The van der Waals surface area contributed by atoms with Gasteiger partial charge in [-0.15, -0.1) is 18.2 Å². The Balaban J connectivity index is 1.88. The summed E-state index contributed by atoms with van der Waals surface area (Å²) in [6.07, 6.45) is 0. The van der Waals surface area contributed by atoms with E-state index in [0.717, 1.165) is 34.8 Å². The minimum absolute atomic E-state index is 0.637. The SMILES string of the molecule is C=[N+](c1ccccc1Cl)[C-](C)c1cccc([C-](C)[N+](=C)c2ccccc2Cl)n1. The highest BCUT2D eigenvalue weighted by Gasteiger charge is 2.19. The van der Waals surface area contributed by atoms with Crippen LogP contribution < -0.4 is 0 Å². The van der Waals surface area contributed by atoms with Crippen molar-refractivity contribution in [1.29, 1.82) is 0 Å². The van der Waals surface area contributed by atoms with Gasteiger partial charge in [0, 0.05) is 11.4 Å². The second-order valence-electron chi connectivity index (χ2n) is 6.34. The predicted octanol–water partition coefficient (Wildman–Crippen LogP) is 6.28. The van der Waals surface area contributed by atoms with Crippen molar-refractivity contribution in [2.24, 2.45) is 0 Å². The Hall–Kier alpha value is -2.75. The van der Waals surface area contributed by atoms with Gasteiger partial charge in [-0.05, 0) is 38.1 Å². The predicted molar refractivity (Wildman–Crippen MR) is 117 cm³/mol. The fourth-order valence-electron chi connectivity index (χ4n) is 2.82. The number of nitrogens with zero attached hydrogens (tertiary/aromatic N) is 3. The summed E-state index contributed by atoms with van der Waals surface area (Å²) in [6, 6.07) is 22.8. The molecule has 28 heavy (non-hydrogen) atoms. The van der Waals surface area contributed by atoms with Crippen LogP contribution in [-0.4, -0.2) is 27.6 Å². The minimum atomic E-state index is 0.637. The standard InChI is InChI=1S/C23H21Cl2N3/c1-16(27(3)22-14-7-5-10-18(22)24)20-12-9-13-21(26-20)17(2)28(4)23-15-8-6-11-19(23)25/h5-15H,3-4H2,1-2H3. The van der Waals surface area contributed by atoms with E-state index in [1.54, 1.807) is 9.15 Å². The van der Waals surface area contributed by atoms with Crippen LogP contribution in [0.3, 0.4) is 0 Å². The van der Waals surface area contributed by atoms with Gasteiger partial charge in [0.1, 0.15) is 12.1 Å². The normalized spacial score (nSPS) is 10.4. The van der Waals surface area contributed by atoms with Gasteiger partial charge in [0.2, 0.25) is 0 Å². The molecule has 142 valence electrons. The van der Waals surface area contributed by atoms with Crippen molar-refractivity contribution in [3.63, 3.8) is 0 Å². The average molecular weight is 410 g/mol. The highest BCUT2D eigenvalue weighted by Crippen LogP contribution is 2.31. The van der Waals surface area contributed by atoms with Crippen molar-refractivity contribution in [1.82, 2.24) is 4.98 Å². The molecular weight excluding hydrogens is 389 g/mol. The summed E-state index contributed by atoms with van der Waals surface area (Å²) in [4.78, 5) is 4.80. The lowest BCUT2D eigenvalue weighted by Gasteiger charge is -2.21. The van der Waals surface area contributed by atoms with Crippen LogP contribution in [0.4, 0.5) is 11.4 Å². The van der Waals surface area contributed by atoms with Crippen LogP contribution in [0.5, 0.6) is 0 Å². The number of hydrogen-bond donors (Lipinski definition) is 0. The number of hydrogen-bond acceptors (Lipinski definition) is 1. The van der Waals surface area contributed by atoms with Crippen molar-refractivity contribution in [2.75, 3.05) is 0 Å². The maximum atomic E-state index is 6.31. The van der Waals surface area contributed by atoms with Gasteiger partial charge in [-0.3, -0.25) is 14.1 Å². The minimum Gasteiger partial charge on any atom is -0.289 e. The molecule has 2 aromatic carbocycles. The van der Waals surface area contributed by atoms with Gasteiger partial charge in [-0.1, -0.05) is 47.5 Å². The third-order valence-electron chi connectivity index (χ3n) is 4.59. The summed E-state index contributed by atoms with van der Waals surface area (Å²) in [5, 5.41) is 1.27. The number of aromatic nitrogens is 1. The fraction of sp³-hybridized carbons (Fsp3) is 0.0870. The molecule has 0 radical (unpaired) electrons. The third kappa shape index (κ3) is 4.06. The molecule has 3 aromatic rings. The number of benzene rings is 2. The quantitative estimate of drug-likeness (QED) is 0.266. The molecule has 0 aliphatic carbocycles. The van der Waals surface area contributed by atoms with Gasteiger partial charge >= 0.3 is 0 Å². The molecule has 0 N–H and O–H groups in total. The van der Waals surface area contributed by atoms with Gasteiger partial charge in [-0.2, -0.15) is 0 Å². The van der Waals surface area contributed by atoms with Gasteiger partial charge in [0.05, 0.1) is 23.5 Å². The molecule has 0 unspecified atom stereocenters. The van der Waals surface area contributed by atoms with Crippen molar-refractivity contribution >= 4 is 48.0 Å². The van der Waals surface area contributed by atoms with E-state index >= 15 is 0 Å². The van der Waals surface area contributed by atoms with E-state index in [-0.39, 0.29) is 0 Å². The Morgan fingerprint density at radius 3 is 1.46 bits per heavy atom. The van der Waals surface area contributed by atoms with Crippen LogP contribution in [0.1, 0.15) is 25.2 Å². The molecule has 1 heterocycles. The molecule has 0 amide bonds. The molecule has 0 aliphatic heterocycles. The molecule has 0 aliphatic rings. The first-order valence-electron chi connectivity index (χ1n) is 8.75. The molecule has 0 saturated heterocycles. The van der Waals surface area contributed by atoms with Crippen molar-refractivity contribution < 1.29 is 9.15 Å². The Morgan fingerprint density at radius 2 is 1.07 bits per heavy atom. The summed E-state index contributed by atoms with van der Waals surface area (Å²) >= 11 is 12.6. The lowest BCUT2D eigenvalue weighted by Crippen LogP contribution is -2.16. The Morgan fingerprint density at radius 1 is 0.679 bits per heavy atom. The Bertz CT molecular complexity index is 951. The average Bonchev–Trinajstić information content (AvgIpc) is 2.72. The number of halogens is 2. The van der Waals surface area contributed by atoms with Crippen molar-refractivity contribution in [3.05, 3.63) is 100 Å². The maximum absolute atomic E-state index is 6.31. The van der Waals surface area contributed by atoms with Crippen LogP contribution in [0.25, 0.3) is 0 Å². The first-order valence-corrected chi connectivity index (χ1v) is 9.51. The molecule has 3 rings (SSSR count). The van der Waals surface area contributed by atoms with Gasteiger partial charge in [-0.25, -0.2) is 0 Å². The fourth-order valence-corrected chi connectivity index (χ4v) is 3.29. The molecule has 0 saturated carbocycles. The van der Waals surface area contributed by atoms with Crippen LogP contribution in [0.2, 0.25) is 10.0 Å². The zero-order chi connectivity index (χ0) is 20.3. The molecule has 3 nitrogen and oxygen atoms in total. The molecule has 0 bridgehead atoms. The van der Waals surface area contributed by atoms with E-state index in [9.17, 15) is 0 Å². The van der Waals surface area contributed by atoms with Gasteiger partial charge in [0.25, 0.3) is 0 Å². The zero-order valence-electron chi connectivity index (χ0n) is 15.9. The van der Waals surface area contributed by atoms with E-state index in [0.29, 0.717) is 10.0 Å². The first-order chi connectivity index (χ1) is 13.4. The largest absolute Gasteiger partial charge is 0.289 e. The van der Waals surface area contributed by atoms with E-state index in [4.69, 9.17) is 28.2 Å². The number of rotatable bonds is 6. The summed E-state index contributed by atoms with van der Waals surface area (Å²) in [5.74, 6) is 0. The number of pyridine rings is 1. The monoisotopic (exact) mass is 409 g/mol. The second-order valence-corrected chi connectivity index (χ2v) is 7.15. The van der Waals surface area contributed by atoms with E-state index in [1.807, 2.05) is 80.6 Å². The Labute approximate surface area is 176 Å². The molecule has 1 aromatic heterocycles. The van der Waals surface area contributed by atoms with Gasteiger partial charge < -0.3 is 0 Å². The van der Waals surface area contributed by atoms with Gasteiger partial charge in [0.15, 0.2) is 11.4 Å². The summed E-state index contributed by atoms with van der Waals surface area (Å²) < 4.78 is 3.58. The lowest BCUT2D eigenvalue weighted by molar-refractivity contribution is -0.408. The van der Waals surface area contributed by atoms with Crippen LogP contribution in [0, 0.1) is 12.1 Å². The summed E-state index contributed by atoms with van der Waals surface area (Å²) in [5.41, 5.74) is 3.26. The van der Waals surface area contributed by atoms with Crippen molar-refractivity contribution in [3.8, 4) is 0 Å². The molecule has 0 spiro atoms. The van der Waals surface area contributed by atoms with Crippen LogP contribution in [-0.2, 0) is 0 Å². The van der Waals surface area contributed by atoms with E-state index in [1.165, 1.54) is 0 Å². The highest BCUT2D eigenvalue weighted by atomic mass is 35.5. The van der Waals surface area contributed by atoms with Crippen LogP contribution >= 0.6 is 23.2 Å². The molecule has 0 atom stereocenters. The topological polar surface area (TPSA) is 18.9 Å². The second kappa shape index (κ2) is 8.51. The third-order valence-corrected chi connectivity index (χ3v) is 5.23. The van der Waals surface area contributed by atoms with E-state index < -0.39 is 0 Å². The number of para-hydroxylation sites is 2. The zero-order valence-corrected chi connectivity index (χ0v) is 17.4. The van der Waals surface area contributed by atoms with E-state index in [2.05, 4.69) is 13.4 Å². The smallest absolute Gasteiger partial charge is 0.150 e. The Kier molecular flexibility index (Phi) is 6.08.